The number of para-hydroxylation sites is 2. The molecule has 0 saturated heterocycles. The molecule has 0 fully saturated rings. The fourth-order valence-electron chi connectivity index (χ4n) is 1.44. The Bertz CT molecular complexity index is 516. The Morgan fingerprint density at radius 1 is 1.10 bits per heavy atom. The van der Waals surface area contributed by atoms with Crippen molar-refractivity contribution in [1.82, 2.24) is 0 Å². The van der Waals surface area contributed by atoms with Crippen molar-refractivity contribution in [2.45, 2.75) is 33.3 Å². The fourth-order valence-corrected chi connectivity index (χ4v) is 1.44. The number of carbonyl (C=O) groups is 2. The lowest BCUT2D eigenvalue weighted by atomic mass is 10.2. The minimum Gasteiger partial charge on any atom is -0.444 e. The van der Waals surface area contributed by atoms with Crippen LogP contribution in [0.1, 0.15) is 27.7 Å². The molecule has 0 atom stereocenters. The molecular formula is C15H20N2O3. The number of ether oxygens (including phenoxy) is 1. The first-order chi connectivity index (χ1) is 9.31. The minimum absolute atomic E-state index is 0.258. The Morgan fingerprint density at radius 3 is 2.15 bits per heavy atom. The first kappa shape index (κ1) is 15.8. The highest BCUT2D eigenvalue weighted by Gasteiger charge is 2.17. The molecule has 0 saturated carbocycles. The smallest absolute Gasteiger partial charge is 0.412 e. The van der Waals surface area contributed by atoms with E-state index in [1.807, 2.05) is 0 Å². The van der Waals surface area contributed by atoms with E-state index in [0.29, 0.717) is 11.4 Å². The molecule has 0 aliphatic rings. The molecule has 2 N–H and O–H groups in total. The first-order valence-electron chi connectivity index (χ1n) is 6.34. The van der Waals surface area contributed by atoms with Gasteiger partial charge in [0.25, 0.3) is 0 Å². The molecule has 20 heavy (non-hydrogen) atoms. The number of hydrogen-bond acceptors (Lipinski definition) is 3. The molecular weight excluding hydrogens is 256 g/mol. The second-order valence-corrected chi connectivity index (χ2v) is 5.16. The van der Waals surface area contributed by atoms with Crippen LogP contribution in [0, 0.1) is 0 Å². The Hall–Kier alpha value is -2.30. The predicted octanol–water partition coefficient (Wildman–Crippen LogP) is 3.55. The summed E-state index contributed by atoms with van der Waals surface area (Å²) >= 11 is 0. The first-order valence-corrected chi connectivity index (χ1v) is 6.34. The molecule has 0 aliphatic carbocycles. The van der Waals surface area contributed by atoms with E-state index in [4.69, 9.17) is 4.74 Å². The SMILES string of the molecule is CC=CC(=O)Nc1ccccc1NC(=O)OC(C)(C)C. The number of hydrogen-bond donors (Lipinski definition) is 2. The van der Waals surface area contributed by atoms with Crippen molar-refractivity contribution in [3.63, 3.8) is 0 Å². The van der Waals surface area contributed by atoms with Crippen molar-refractivity contribution in [3.05, 3.63) is 36.4 Å². The molecule has 108 valence electrons. The number of nitrogens with one attached hydrogen (secondary N) is 2. The van der Waals surface area contributed by atoms with Crippen LogP contribution in [-0.4, -0.2) is 17.6 Å². The zero-order valence-corrected chi connectivity index (χ0v) is 12.2. The lowest BCUT2D eigenvalue weighted by Gasteiger charge is -2.20. The monoisotopic (exact) mass is 276 g/mol. The number of benzene rings is 1. The maximum Gasteiger partial charge on any atom is 0.412 e. The molecule has 1 aromatic carbocycles. The molecule has 0 aliphatic heterocycles. The van der Waals surface area contributed by atoms with Crippen LogP contribution in [-0.2, 0) is 9.53 Å². The third-order valence-electron chi connectivity index (χ3n) is 2.14. The second kappa shape index (κ2) is 6.75. The van der Waals surface area contributed by atoms with E-state index in [-0.39, 0.29) is 5.91 Å². The molecule has 5 nitrogen and oxygen atoms in total. The quantitative estimate of drug-likeness (QED) is 0.830. The van der Waals surface area contributed by atoms with Crippen LogP contribution in [0.15, 0.2) is 36.4 Å². The Morgan fingerprint density at radius 2 is 1.65 bits per heavy atom. The van der Waals surface area contributed by atoms with Gasteiger partial charge in [0, 0.05) is 0 Å². The van der Waals surface area contributed by atoms with Gasteiger partial charge in [-0.25, -0.2) is 4.79 Å². The van der Waals surface area contributed by atoms with Crippen LogP contribution >= 0.6 is 0 Å². The summed E-state index contributed by atoms with van der Waals surface area (Å²) in [6.45, 7) is 7.11. The minimum atomic E-state index is -0.576. The van der Waals surface area contributed by atoms with Crippen molar-refractivity contribution < 1.29 is 14.3 Å². The standard InChI is InChI=1S/C15H20N2O3/c1-5-8-13(18)16-11-9-6-7-10-12(11)17-14(19)20-15(2,3)4/h5-10H,1-4H3,(H,16,18)(H,17,19). The van der Waals surface area contributed by atoms with Gasteiger partial charge in [0.1, 0.15) is 5.60 Å². The van der Waals surface area contributed by atoms with E-state index in [2.05, 4.69) is 10.6 Å². The van der Waals surface area contributed by atoms with Gasteiger partial charge in [-0.05, 0) is 45.9 Å². The van der Waals surface area contributed by atoms with Crippen molar-refractivity contribution in [3.8, 4) is 0 Å². The van der Waals surface area contributed by atoms with Gasteiger partial charge < -0.3 is 10.1 Å². The maximum atomic E-state index is 11.7. The van der Waals surface area contributed by atoms with Crippen LogP contribution in [0.25, 0.3) is 0 Å². The highest BCUT2D eigenvalue weighted by Crippen LogP contribution is 2.22. The lowest BCUT2D eigenvalue weighted by molar-refractivity contribution is -0.111. The van der Waals surface area contributed by atoms with Crippen LogP contribution in [0.5, 0.6) is 0 Å². The molecule has 0 unspecified atom stereocenters. The summed E-state index contributed by atoms with van der Waals surface area (Å²) in [7, 11) is 0. The number of carbonyl (C=O) groups excluding carboxylic acids is 2. The van der Waals surface area contributed by atoms with Crippen LogP contribution in [0.2, 0.25) is 0 Å². The molecule has 0 aromatic heterocycles. The van der Waals surface area contributed by atoms with E-state index < -0.39 is 11.7 Å². The molecule has 0 heterocycles. The zero-order valence-electron chi connectivity index (χ0n) is 12.2. The number of rotatable bonds is 3. The molecule has 0 spiro atoms. The molecule has 1 rings (SSSR count). The summed E-state index contributed by atoms with van der Waals surface area (Å²) in [6, 6.07) is 6.92. The van der Waals surface area contributed by atoms with Crippen molar-refractivity contribution in [1.29, 1.82) is 0 Å². The summed E-state index contributed by atoms with van der Waals surface area (Å²) in [5.74, 6) is -0.258. The van der Waals surface area contributed by atoms with Gasteiger partial charge in [-0.1, -0.05) is 18.2 Å². The second-order valence-electron chi connectivity index (χ2n) is 5.16. The Kier molecular flexibility index (Phi) is 5.32. The van der Waals surface area contributed by atoms with Gasteiger partial charge >= 0.3 is 6.09 Å². The van der Waals surface area contributed by atoms with E-state index in [1.54, 1.807) is 58.0 Å². The van der Waals surface area contributed by atoms with Crippen LogP contribution in [0.3, 0.4) is 0 Å². The average Bonchev–Trinajstić information content (AvgIpc) is 2.29. The average molecular weight is 276 g/mol. The van der Waals surface area contributed by atoms with Gasteiger partial charge in [-0.2, -0.15) is 0 Å². The molecule has 0 bridgehead atoms. The Balaban J connectivity index is 2.80. The normalized spacial score (nSPS) is 11.2. The summed E-state index contributed by atoms with van der Waals surface area (Å²) < 4.78 is 5.17. The van der Waals surface area contributed by atoms with Gasteiger partial charge in [0.05, 0.1) is 11.4 Å². The van der Waals surface area contributed by atoms with Crippen molar-refractivity contribution >= 4 is 23.4 Å². The van der Waals surface area contributed by atoms with Crippen LogP contribution < -0.4 is 10.6 Å². The highest BCUT2D eigenvalue weighted by atomic mass is 16.6. The maximum absolute atomic E-state index is 11.7. The molecule has 0 radical (unpaired) electrons. The number of allylic oxidation sites excluding steroid dienone is 1. The Labute approximate surface area is 119 Å². The van der Waals surface area contributed by atoms with Gasteiger partial charge in [-0.3, -0.25) is 10.1 Å². The molecule has 2 amide bonds. The largest absolute Gasteiger partial charge is 0.444 e. The van der Waals surface area contributed by atoms with E-state index >= 15 is 0 Å². The molecule has 1 aromatic rings. The lowest BCUT2D eigenvalue weighted by Crippen LogP contribution is -2.27. The third kappa shape index (κ3) is 5.56. The summed E-state index contributed by atoms with van der Waals surface area (Å²) in [5.41, 5.74) is 0.425. The van der Waals surface area contributed by atoms with Crippen molar-refractivity contribution in [2.24, 2.45) is 0 Å². The summed E-state index contributed by atoms with van der Waals surface area (Å²) in [5, 5.41) is 5.30. The number of anilines is 2. The van der Waals surface area contributed by atoms with Crippen LogP contribution in [0.4, 0.5) is 16.2 Å². The topological polar surface area (TPSA) is 67.4 Å². The van der Waals surface area contributed by atoms with Gasteiger partial charge in [0.2, 0.25) is 5.91 Å². The summed E-state index contributed by atoms with van der Waals surface area (Å²) in [4.78, 5) is 23.3. The fraction of sp³-hybridized carbons (Fsp3) is 0.333. The number of amides is 2. The summed E-state index contributed by atoms with van der Waals surface area (Å²) in [6.07, 6.45) is 2.48. The van der Waals surface area contributed by atoms with Gasteiger partial charge in [0.15, 0.2) is 0 Å². The predicted molar refractivity (Wildman–Crippen MR) is 79.7 cm³/mol. The van der Waals surface area contributed by atoms with Gasteiger partial charge in [-0.15, -0.1) is 0 Å². The third-order valence-corrected chi connectivity index (χ3v) is 2.14. The van der Waals surface area contributed by atoms with Crippen molar-refractivity contribution in [2.75, 3.05) is 10.6 Å². The van der Waals surface area contributed by atoms with E-state index in [0.717, 1.165) is 0 Å². The van der Waals surface area contributed by atoms with E-state index in [9.17, 15) is 9.59 Å². The highest BCUT2D eigenvalue weighted by molar-refractivity contribution is 6.03. The zero-order chi connectivity index (χ0) is 15.2. The molecule has 5 heteroatoms. The van der Waals surface area contributed by atoms with E-state index in [1.165, 1.54) is 6.08 Å².